The first kappa shape index (κ1) is 13.8. The van der Waals surface area contributed by atoms with Crippen molar-refractivity contribution in [2.75, 3.05) is 0 Å². The number of rotatable bonds is 7. The molecule has 0 aliphatic carbocycles. The van der Waals surface area contributed by atoms with Crippen molar-refractivity contribution in [2.45, 2.75) is 52.4 Å². The largest absolute Gasteiger partial charge is 0.478 e. The van der Waals surface area contributed by atoms with Crippen LogP contribution in [0, 0.1) is 0 Å². The third-order valence-corrected chi connectivity index (χ3v) is 3.08. The summed E-state index contributed by atoms with van der Waals surface area (Å²) in [5, 5.41) is 9.21. The molecule has 0 aliphatic rings. The summed E-state index contributed by atoms with van der Waals surface area (Å²) >= 11 is 0. The number of benzene rings is 1. The van der Waals surface area contributed by atoms with E-state index in [2.05, 4.69) is 19.9 Å². The van der Waals surface area contributed by atoms with Crippen molar-refractivity contribution in [3.63, 3.8) is 0 Å². The maximum absolute atomic E-state index is 11.2. The maximum atomic E-state index is 11.2. The second kappa shape index (κ2) is 7.10. The van der Waals surface area contributed by atoms with Gasteiger partial charge in [0, 0.05) is 0 Å². The van der Waals surface area contributed by atoms with Gasteiger partial charge in [-0.3, -0.25) is 0 Å². The molecule has 0 spiro atoms. The van der Waals surface area contributed by atoms with Gasteiger partial charge in [0.1, 0.15) is 0 Å². The molecule has 1 aromatic carbocycles. The second-order valence-electron chi connectivity index (χ2n) is 4.46. The number of hydrogen-bond acceptors (Lipinski definition) is 1. The van der Waals surface area contributed by atoms with Crippen molar-refractivity contribution >= 4 is 5.97 Å². The number of carboxylic acid groups (broad SMARTS) is 1. The molecule has 1 N–H and O–H groups in total. The highest BCUT2D eigenvalue weighted by molar-refractivity contribution is 5.89. The summed E-state index contributed by atoms with van der Waals surface area (Å²) in [7, 11) is 0. The number of aromatic carboxylic acids is 1. The normalized spacial score (nSPS) is 10.5. The molecule has 0 atom stereocenters. The van der Waals surface area contributed by atoms with Gasteiger partial charge in [0.05, 0.1) is 5.56 Å². The highest BCUT2D eigenvalue weighted by Gasteiger charge is 2.12. The van der Waals surface area contributed by atoms with Crippen LogP contribution in [-0.4, -0.2) is 11.1 Å². The summed E-state index contributed by atoms with van der Waals surface area (Å²) in [6.45, 7) is 4.29. The van der Waals surface area contributed by atoms with Crippen LogP contribution < -0.4 is 0 Å². The summed E-state index contributed by atoms with van der Waals surface area (Å²) in [6.07, 6.45) is 6.31. The summed E-state index contributed by atoms with van der Waals surface area (Å²) in [4.78, 5) is 11.2. The fourth-order valence-electron chi connectivity index (χ4n) is 2.09. The Kier molecular flexibility index (Phi) is 5.75. The van der Waals surface area contributed by atoms with E-state index in [-0.39, 0.29) is 0 Å². The highest BCUT2D eigenvalue weighted by atomic mass is 16.4. The van der Waals surface area contributed by atoms with Gasteiger partial charge in [-0.2, -0.15) is 0 Å². The van der Waals surface area contributed by atoms with E-state index >= 15 is 0 Å². The van der Waals surface area contributed by atoms with Gasteiger partial charge in [-0.15, -0.1) is 0 Å². The van der Waals surface area contributed by atoms with Crippen LogP contribution in [0.4, 0.5) is 0 Å². The smallest absolute Gasteiger partial charge is 0.335 e. The molecule has 0 bridgehead atoms. The highest BCUT2D eigenvalue weighted by Crippen LogP contribution is 2.20. The van der Waals surface area contributed by atoms with Gasteiger partial charge in [0.2, 0.25) is 0 Å². The van der Waals surface area contributed by atoms with Gasteiger partial charge in [0.15, 0.2) is 0 Å². The van der Waals surface area contributed by atoms with E-state index in [1.165, 1.54) is 5.56 Å². The molecule has 17 heavy (non-hydrogen) atoms. The number of carboxylic acids is 1. The zero-order valence-electron chi connectivity index (χ0n) is 10.8. The molecule has 0 fully saturated rings. The molecule has 2 heteroatoms. The Hall–Kier alpha value is -1.31. The first-order chi connectivity index (χ1) is 8.20. The van der Waals surface area contributed by atoms with E-state index in [1.807, 2.05) is 6.07 Å². The lowest BCUT2D eigenvalue weighted by molar-refractivity contribution is 0.0695. The fraction of sp³-hybridized carbons (Fsp3) is 0.533. The van der Waals surface area contributed by atoms with Crippen molar-refractivity contribution in [3.05, 3.63) is 34.9 Å². The summed E-state index contributed by atoms with van der Waals surface area (Å²) in [5.41, 5.74) is 2.77. The van der Waals surface area contributed by atoms with E-state index in [1.54, 1.807) is 6.07 Å². The Bertz CT molecular complexity index is 369. The molecule has 94 valence electrons. The molecular weight excluding hydrogens is 212 g/mol. The van der Waals surface area contributed by atoms with E-state index in [0.717, 1.165) is 44.1 Å². The summed E-state index contributed by atoms with van der Waals surface area (Å²) in [6, 6.07) is 5.67. The lowest BCUT2D eigenvalue weighted by Gasteiger charge is -2.12. The Balaban J connectivity index is 3.00. The standard InChI is InChI=1S/C15H22O2/c1-3-5-8-12-9-7-11-14(15(16)17)13(12)10-6-4-2/h7,9,11H,3-6,8,10H2,1-2H3,(H,16,17). The van der Waals surface area contributed by atoms with Crippen LogP contribution >= 0.6 is 0 Å². The molecule has 0 heterocycles. The third kappa shape index (κ3) is 3.88. The SMILES string of the molecule is CCCCc1cccc(C(=O)O)c1CCCC. The van der Waals surface area contributed by atoms with Crippen molar-refractivity contribution in [3.8, 4) is 0 Å². The van der Waals surface area contributed by atoms with Gasteiger partial charge in [-0.05, 0) is 42.9 Å². The second-order valence-corrected chi connectivity index (χ2v) is 4.46. The van der Waals surface area contributed by atoms with Crippen LogP contribution in [0.5, 0.6) is 0 Å². The molecule has 0 saturated carbocycles. The first-order valence-electron chi connectivity index (χ1n) is 6.54. The topological polar surface area (TPSA) is 37.3 Å². The number of hydrogen-bond donors (Lipinski definition) is 1. The molecule has 0 radical (unpaired) electrons. The van der Waals surface area contributed by atoms with E-state index < -0.39 is 5.97 Å². The van der Waals surface area contributed by atoms with Gasteiger partial charge < -0.3 is 5.11 Å². The maximum Gasteiger partial charge on any atom is 0.335 e. The molecule has 0 saturated heterocycles. The minimum absolute atomic E-state index is 0.493. The molecule has 1 rings (SSSR count). The number of aryl methyl sites for hydroxylation is 1. The third-order valence-electron chi connectivity index (χ3n) is 3.08. The molecule has 0 amide bonds. The molecule has 0 aromatic heterocycles. The van der Waals surface area contributed by atoms with Crippen LogP contribution in [0.1, 0.15) is 61.0 Å². The summed E-state index contributed by atoms with van der Waals surface area (Å²) in [5.74, 6) is -0.797. The van der Waals surface area contributed by atoms with Crippen LogP contribution in [-0.2, 0) is 12.8 Å². The van der Waals surface area contributed by atoms with Crippen molar-refractivity contribution in [1.82, 2.24) is 0 Å². The Morgan fingerprint density at radius 2 is 1.76 bits per heavy atom. The van der Waals surface area contributed by atoms with Gasteiger partial charge >= 0.3 is 5.97 Å². The van der Waals surface area contributed by atoms with Gasteiger partial charge in [0.25, 0.3) is 0 Å². The molecule has 0 aliphatic heterocycles. The van der Waals surface area contributed by atoms with Gasteiger partial charge in [-0.1, -0.05) is 38.8 Å². The van der Waals surface area contributed by atoms with Crippen molar-refractivity contribution in [2.24, 2.45) is 0 Å². The predicted molar refractivity (Wildman–Crippen MR) is 70.6 cm³/mol. The number of unbranched alkanes of at least 4 members (excludes halogenated alkanes) is 2. The van der Waals surface area contributed by atoms with E-state index in [4.69, 9.17) is 0 Å². The lowest BCUT2D eigenvalue weighted by Crippen LogP contribution is -2.06. The van der Waals surface area contributed by atoms with Crippen LogP contribution in [0.3, 0.4) is 0 Å². The zero-order chi connectivity index (χ0) is 12.7. The Morgan fingerprint density at radius 1 is 1.12 bits per heavy atom. The number of carbonyl (C=O) groups is 1. The van der Waals surface area contributed by atoms with Crippen LogP contribution in [0.15, 0.2) is 18.2 Å². The quantitative estimate of drug-likeness (QED) is 0.772. The van der Waals surface area contributed by atoms with Crippen LogP contribution in [0.2, 0.25) is 0 Å². The molecule has 0 unspecified atom stereocenters. The Morgan fingerprint density at radius 3 is 2.35 bits per heavy atom. The monoisotopic (exact) mass is 234 g/mol. The molecule has 1 aromatic rings. The minimum atomic E-state index is -0.797. The van der Waals surface area contributed by atoms with Crippen LogP contribution in [0.25, 0.3) is 0 Å². The molecule has 2 nitrogen and oxygen atoms in total. The van der Waals surface area contributed by atoms with E-state index in [0.29, 0.717) is 5.56 Å². The van der Waals surface area contributed by atoms with Crippen molar-refractivity contribution in [1.29, 1.82) is 0 Å². The minimum Gasteiger partial charge on any atom is -0.478 e. The van der Waals surface area contributed by atoms with Gasteiger partial charge in [-0.25, -0.2) is 4.79 Å². The predicted octanol–water partition coefficient (Wildman–Crippen LogP) is 4.07. The average Bonchev–Trinajstić information content (AvgIpc) is 2.33. The summed E-state index contributed by atoms with van der Waals surface area (Å²) < 4.78 is 0. The fourth-order valence-corrected chi connectivity index (χ4v) is 2.09. The van der Waals surface area contributed by atoms with Crippen molar-refractivity contribution < 1.29 is 9.90 Å². The van der Waals surface area contributed by atoms with E-state index in [9.17, 15) is 9.90 Å². The lowest BCUT2D eigenvalue weighted by atomic mass is 9.93. The first-order valence-corrected chi connectivity index (χ1v) is 6.54. The average molecular weight is 234 g/mol. The molecular formula is C15H22O2. The Labute approximate surface area is 104 Å². The zero-order valence-corrected chi connectivity index (χ0v) is 10.8.